The van der Waals surface area contributed by atoms with Crippen LogP contribution in [0, 0.1) is 6.92 Å². The Morgan fingerprint density at radius 2 is 1.62 bits per heavy atom. The fourth-order valence-electron chi connectivity index (χ4n) is 2.83. The summed E-state index contributed by atoms with van der Waals surface area (Å²) in [4.78, 5) is 36.8. The number of aryl methyl sites for hydroxylation is 1. The Hall–Kier alpha value is -3.15. The van der Waals surface area contributed by atoms with Gasteiger partial charge in [0.15, 0.2) is 0 Å². The van der Waals surface area contributed by atoms with Crippen LogP contribution in [0.5, 0.6) is 0 Å². The highest BCUT2D eigenvalue weighted by atomic mass is 16.6. The molecule has 0 spiro atoms. The molecule has 0 aromatic heterocycles. The maximum Gasteiger partial charge on any atom is 0.408 e. The molecule has 0 aliphatic heterocycles. The van der Waals surface area contributed by atoms with Crippen LogP contribution in [0.2, 0.25) is 0 Å². The molecule has 0 fully saturated rings. The Kier molecular flexibility index (Phi) is 7.53. The molecule has 0 bridgehead atoms. The van der Waals surface area contributed by atoms with Crippen molar-refractivity contribution in [1.82, 2.24) is 10.6 Å². The van der Waals surface area contributed by atoms with Crippen molar-refractivity contribution in [3.05, 3.63) is 71.3 Å². The van der Waals surface area contributed by atoms with Gasteiger partial charge in [-0.05, 0) is 44.4 Å². The van der Waals surface area contributed by atoms with E-state index in [9.17, 15) is 14.4 Å². The quantitative estimate of drug-likeness (QED) is 0.702. The second kappa shape index (κ2) is 9.87. The number of amides is 2. The first-order chi connectivity index (χ1) is 13.7. The fourth-order valence-corrected chi connectivity index (χ4v) is 2.83. The van der Waals surface area contributed by atoms with Gasteiger partial charge in [0.1, 0.15) is 24.0 Å². The minimum absolute atomic E-state index is 0.276. The summed E-state index contributed by atoms with van der Waals surface area (Å²) in [5.41, 5.74) is 1.91. The number of carbonyl (C=O) groups excluding carboxylic acids is 3. The van der Waals surface area contributed by atoms with Gasteiger partial charge in [-0.15, -0.1) is 0 Å². The topological polar surface area (TPSA) is 84.5 Å². The second-order valence-corrected chi connectivity index (χ2v) is 7.86. The normalized spacial score (nSPS) is 13.1. The third kappa shape index (κ3) is 7.07. The number of carbonyl (C=O) groups is 3. The first-order valence-corrected chi connectivity index (χ1v) is 9.54. The van der Waals surface area contributed by atoms with E-state index in [0.717, 1.165) is 11.1 Å². The number of hydrogen-bond acceptors (Lipinski definition) is 4. The summed E-state index contributed by atoms with van der Waals surface area (Å²) in [7, 11) is 0. The third-order valence-corrected chi connectivity index (χ3v) is 4.29. The van der Waals surface area contributed by atoms with Crippen LogP contribution in [0.15, 0.2) is 54.6 Å². The van der Waals surface area contributed by atoms with Gasteiger partial charge in [0, 0.05) is 6.42 Å². The minimum Gasteiger partial charge on any atom is -0.444 e. The summed E-state index contributed by atoms with van der Waals surface area (Å²) >= 11 is 0. The van der Waals surface area contributed by atoms with Gasteiger partial charge in [-0.25, -0.2) is 4.79 Å². The van der Waals surface area contributed by atoms with E-state index < -0.39 is 29.7 Å². The van der Waals surface area contributed by atoms with Gasteiger partial charge >= 0.3 is 6.09 Å². The molecule has 0 unspecified atom stereocenters. The number of nitrogens with one attached hydrogen (secondary N) is 2. The summed E-state index contributed by atoms with van der Waals surface area (Å²) in [6, 6.07) is 14.9. The van der Waals surface area contributed by atoms with Crippen LogP contribution in [0.25, 0.3) is 0 Å². The molecule has 6 heteroatoms. The maximum atomic E-state index is 13.0. The van der Waals surface area contributed by atoms with Crippen molar-refractivity contribution in [1.29, 1.82) is 0 Å². The number of ether oxygens (including phenoxy) is 1. The average molecular weight is 396 g/mol. The van der Waals surface area contributed by atoms with E-state index >= 15 is 0 Å². The molecule has 2 aromatic rings. The molecule has 6 nitrogen and oxygen atoms in total. The van der Waals surface area contributed by atoms with Crippen molar-refractivity contribution in [2.75, 3.05) is 0 Å². The Bertz CT molecular complexity index is 843. The zero-order chi connectivity index (χ0) is 21.4. The zero-order valence-corrected chi connectivity index (χ0v) is 17.3. The van der Waals surface area contributed by atoms with Gasteiger partial charge in [0.05, 0.1) is 0 Å². The number of hydrogen-bond donors (Lipinski definition) is 2. The standard InChI is InChI=1S/C23H28N2O4/c1-16-10-8-9-13-18(16)14-19(25-22(28)29-23(2,3)4)21(27)24-20(15-26)17-11-6-5-7-12-17/h5-13,15,19-20H,14H2,1-4H3,(H,24,27)(H,25,28)/t19-,20+/m0/s1. The lowest BCUT2D eigenvalue weighted by molar-refractivity contribution is -0.125. The van der Waals surface area contributed by atoms with E-state index in [0.29, 0.717) is 11.8 Å². The van der Waals surface area contributed by atoms with Crippen molar-refractivity contribution in [2.24, 2.45) is 0 Å². The molecule has 0 aliphatic rings. The molecular formula is C23H28N2O4. The Morgan fingerprint density at radius 1 is 1.00 bits per heavy atom. The Labute approximate surface area is 171 Å². The largest absolute Gasteiger partial charge is 0.444 e. The highest BCUT2D eigenvalue weighted by molar-refractivity contribution is 5.88. The summed E-state index contributed by atoms with van der Waals surface area (Å²) in [6.45, 7) is 7.19. The van der Waals surface area contributed by atoms with Crippen LogP contribution in [-0.4, -0.2) is 29.9 Å². The predicted octanol–water partition coefficient (Wildman–Crippen LogP) is 3.49. The lowest BCUT2D eigenvalue weighted by atomic mass is 10.00. The fraction of sp³-hybridized carbons (Fsp3) is 0.348. The lowest BCUT2D eigenvalue weighted by Crippen LogP contribution is -2.50. The number of alkyl carbamates (subject to hydrolysis) is 1. The van der Waals surface area contributed by atoms with Crippen LogP contribution in [-0.2, 0) is 20.7 Å². The summed E-state index contributed by atoms with van der Waals surface area (Å²) in [5.74, 6) is -0.458. The first kappa shape index (κ1) is 22.1. The van der Waals surface area contributed by atoms with Gasteiger partial charge in [0.25, 0.3) is 0 Å². The van der Waals surface area contributed by atoms with E-state index in [1.54, 1.807) is 45.0 Å². The molecule has 0 saturated heterocycles. The Balaban J connectivity index is 2.20. The third-order valence-electron chi connectivity index (χ3n) is 4.29. The van der Waals surface area contributed by atoms with Crippen molar-refractivity contribution >= 4 is 18.3 Å². The van der Waals surface area contributed by atoms with E-state index in [4.69, 9.17) is 4.74 Å². The van der Waals surface area contributed by atoms with Crippen molar-refractivity contribution in [3.63, 3.8) is 0 Å². The molecule has 0 aliphatic carbocycles. The second-order valence-electron chi connectivity index (χ2n) is 7.86. The lowest BCUT2D eigenvalue weighted by Gasteiger charge is -2.25. The summed E-state index contributed by atoms with van der Waals surface area (Å²) in [5, 5.41) is 5.35. The van der Waals surface area contributed by atoms with E-state index in [-0.39, 0.29) is 6.42 Å². The van der Waals surface area contributed by atoms with Crippen LogP contribution >= 0.6 is 0 Å². The molecule has 0 radical (unpaired) electrons. The number of aldehydes is 1. The maximum absolute atomic E-state index is 13.0. The van der Waals surface area contributed by atoms with Crippen molar-refractivity contribution in [2.45, 2.75) is 51.8 Å². The molecule has 0 heterocycles. The van der Waals surface area contributed by atoms with Crippen LogP contribution in [0.1, 0.15) is 43.5 Å². The smallest absolute Gasteiger partial charge is 0.408 e. The monoisotopic (exact) mass is 396 g/mol. The molecule has 29 heavy (non-hydrogen) atoms. The molecular weight excluding hydrogens is 368 g/mol. The van der Waals surface area contributed by atoms with Crippen LogP contribution < -0.4 is 10.6 Å². The number of benzene rings is 2. The highest BCUT2D eigenvalue weighted by Crippen LogP contribution is 2.14. The van der Waals surface area contributed by atoms with Gasteiger partial charge in [0.2, 0.25) is 5.91 Å². The van der Waals surface area contributed by atoms with Crippen LogP contribution in [0.4, 0.5) is 4.79 Å². The predicted molar refractivity (Wildman–Crippen MR) is 111 cm³/mol. The van der Waals surface area contributed by atoms with Gasteiger partial charge in [-0.2, -0.15) is 0 Å². The Morgan fingerprint density at radius 3 is 2.21 bits per heavy atom. The van der Waals surface area contributed by atoms with E-state index in [1.807, 2.05) is 37.3 Å². The van der Waals surface area contributed by atoms with Crippen LogP contribution in [0.3, 0.4) is 0 Å². The molecule has 154 valence electrons. The molecule has 2 amide bonds. The molecule has 2 N–H and O–H groups in total. The number of rotatable bonds is 7. The SMILES string of the molecule is Cc1ccccc1C[C@H](NC(=O)OC(C)(C)C)C(=O)N[C@H](C=O)c1ccccc1. The average Bonchev–Trinajstić information content (AvgIpc) is 2.66. The molecule has 2 aromatic carbocycles. The highest BCUT2D eigenvalue weighted by Gasteiger charge is 2.27. The molecule has 0 saturated carbocycles. The van der Waals surface area contributed by atoms with Gasteiger partial charge < -0.3 is 20.2 Å². The minimum atomic E-state index is -0.892. The molecule has 2 rings (SSSR count). The van der Waals surface area contributed by atoms with E-state index in [1.165, 1.54) is 0 Å². The van der Waals surface area contributed by atoms with E-state index in [2.05, 4.69) is 10.6 Å². The zero-order valence-electron chi connectivity index (χ0n) is 17.3. The van der Waals surface area contributed by atoms with Gasteiger partial charge in [-0.3, -0.25) is 4.79 Å². The van der Waals surface area contributed by atoms with Crippen molar-refractivity contribution < 1.29 is 19.1 Å². The summed E-state index contributed by atoms with van der Waals surface area (Å²) < 4.78 is 5.30. The first-order valence-electron chi connectivity index (χ1n) is 9.54. The summed E-state index contributed by atoms with van der Waals surface area (Å²) in [6.07, 6.45) is 0.262. The molecule has 2 atom stereocenters. The van der Waals surface area contributed by atoms with Gasteiger partial charge in [-0.1, -0.05) is 54.6 Å². The van der Waals surface area contributed by atoms with Crippen molar-refractivity contribution in [3.8, 4) is 0 Å².